The number of hydrogen-bond donors (Lipinski definition) is 2. The Morgan fingerprint density at radius 2 is 2.20 bits per heavy atom. The molecule has 132 valence electrons. The molecule has 0 aliphatic heterocycles. The lowest BCUT2D eigenvalue weighted by atomic mass is 10.2. The number of carboxylic acid groups (broad SMARTS) is 1. The Bertz CT molecular complexity index is 760. The molecule has 0 fully saturated rings. The lowest BCUT2D eigenvalue weighted by Crippen LogP contribution is -2.10. The van der Waals surface area contributed by atoms with Crippen molar-refractivity contribution in [1.82, 2.24) is 4.98 Å². The van der Waals surface area contributed by atoms with Crippen molar-refractivity contribution in [2.24, 2.45) is 5.10 Å². The molecule has 0 amide bonds. The summed E-state index contributed by atoms with van der Waals surface area (Å²) in [6, 6.07) is 6.93. The number of aliphatic carboxylic acids is 1. The van der Waals surface area contributed by atoms with Crippen molar-refractivity contribution in [2.75, 3.05) is 18.6 Å². The number of carbonyl (C=O) groups excluding carboxylic acids is 1. The normalized spacial score (nSPS) is 10.6. The van der Waals surface area contributed by atoms with Gasteiger partial charge in [0.15, 0.2) is 6.61 Å². The second-order valence-corrected chi connectivity index (χ2v) is 5.57. The number of thiazole rings is 1. The third-order valence-electron chi connectivity index (χ3n) is 2.82. The molecule has 8 nitrogen and oxygen atoms in total. The molecule has 2 rings (SSSR count). The van der Waals surface area contributed by atoms with E-state index in [1.54, 1.807) is 36.6 Å². The van der Waals surface area contributed by atoms with Crippen molar-refractivity contribution in [2.45, 2.75) is 13.3 Å². The number of hydrazone groups is 1. The van der Waals surface area contributed by atoms with Gasteiger partial charge in [0.1, 0.15) is 5.75 Å². The first kappa shape index (κ1) is 18.4. The largest absolute Gasteiger partial charge is 0.481 e. The summed E-state index contributed by atoms with van der Waals surface area (Å²) in [6.45, 7) is 1.66. The lowest BCUT2D eigenvalue weighted by Gasteiger charge is -2.05. The van der Waals surface area contributed by atoms with E-state index in [9.17, 15) is 9.59 Å². The zero-order valence-corrected chi connectivity index (χ0v) is 14.3. The molecule has 0 bridgehead atoms. The molecule has 1 heterocycles. The molecule has 0 spiro atoms. The van der Waals surface area contributed by atoms with Crippen molar-refractivity contribution in [3.8, 4) is 5.75 Å². The highest BCUT2D eigenvalue weighted by molar-refractivity contribution is 7.13. The molecule has 1 aromatic heterocycles. The van der Waals surface area contributed by atoms with E-state index in [0.29, 0.717) is 28.7 Å². The van der Waals surface area contributed by atoms with E-state index in [-0.39, 0.29) is 12.4 Å². The van der Waals surface area contributed by atoms with Gasteiger partial charge in [-0.2, -0.15) is 5.10 Å². The predicted molar refractivity (Wildman–Crippen MR) is 93.2 cm³/mol. The Morgan fingerprint density at radius 3 is 2.96 bits per heavy atom. The Morgan fingerprint density at radius 1 is 1.40 bits per heavy atom. The summed E-state index contributed by atoms with van der Waals surface area (Å²) < 4.78 is 10.1. The molecule has 9 heteroatoms. The highest BCUT2D eigenvalue weighted by Gasteiger charge is 2.08. The van der Waals surface area contributed by atoms with Crippen LogP contribution in [0.5, 0.6) is 5.75 Å². The highest BCUT2D eigenvalue weighted by atomic mass is 32.1. The maximum absolute atomic E-state index is 11.4. The molecule has 0 unspecified atom stereocenters. The summed E-state index contributed by atoms with van der Waals surface area (Å²) in [4.78, 5) is 26.2. The first-order valence-electron chi connectivity index (χ1n) is 7.41. The maximum Gasteiger partial charge on any atom is 0.341 e. The summed E-state index contributed by atoms with van der Waals surface area (Å²) in [5, 5.41) is 15.0. The van der Waals surface area contributed by atoms with E-state index in [1.807, 2.05) is 0 Å². The number of carboxylic acids is 1. The number of esters is 1. The smallest absolute Gasteiger partial charge is 0.341 e. The maximum atomic E-state index is 11.4. The number of carbonyl (C=O) groups is 2. The van der Waals surface area contributed by atoms with Crippen LogP contribution in [-0.4, -0.2) is 41.5 Å². The monoisotopic (exact) mass is 363 g/mol. The second-order valence-electron chi connectivity index (χ2n) is 4.72. The fourth-order valence-electron chi connectivity index (χ4n) is 1.81. The van der Waals surface area contributed by atoms with Gasteiger partial charge in [-0.1, -0.05) is 12.1 Å². The Labute approximate surface area is 148 Å². The average molecular weight is 363 g/mol. The van der Waals surface area contributed by atoms with Crippen LogP contribution in [0.4, 0.5) is 5.13 Å². The minimum atomic E-state index is -1.05. The van der Waals surface area contributed by atoms with Crippen LogP contribution >= 0.6 is 11.3 Å². The number of rotatable bonds is 9. The number of hydrogen-bond acceptors (Lipinski definition) is 8. The SMILES string of the molecule is CCOC(=O)Cc1csc(NN=Cc2ccccc2OCC(=O)O)n1. The summed E-state index contributed by atoms with van der Waals surface area (Å²) in [5.74, 6) is -0.966. The van der Waals surface area contributed by atoms with Crippen LogP contribution in [-0.2, 0) is 20.7 Å². The fourth-order valence-corrected chi connectivity index (χ4v) is 2.47. The van der Waals surface area contributed by atoms with Crippen molar-refractivity contribution in [1.29, 1.82) is 0 Å². The summed E-state index contributed by atoms with van der Waals surface area (Å²) in [6.07, 6.45) is 1.62. The third-order valence-corrected chi connectivity index (χ3v) is 3.61. The molecule has 2 aromatic rings. The van der Waals surface area contributed by atoms with Gasteiger partial charge in [-0.05, 0) is 19.1 Å². The minimum absolute atomic E-state index is 0.113. The number of nitrogens with one attached hydrogen (secondary N) is 1. The summed E-state index contributed by atoms with van der Waals surface area (Å²) in [5.41, 5.74) is 3.99. The highest BCUT2D eigenvalue weighted by Crippen LogP contribution is 2.18. The van der Waals surface area contributed by atoms with E-state index in [4.69, 9.17) is 14.6 Å². The van der Waals surface area contributed by atoms with Gasteiger partial charge in [-0.15, -0.1) is 11.3 Å². The van der Waals surface area contributed by atoms with Gasteiger partial charge in [0.25, 0.3) is 0 Å². The molecule has 0 aliphatic carbocycles. The molecular formula is C16H17N3O5S. The summed E-state index contributed by atoms with van der Waals surface area (Å²) in [7, 11) is 0. The number of ether oxygens (including phenoxy) is 2. The molecule has 0 atom stereocenters. The van der Waals surface area contributed by atoms with E-state index >= 15 is 0 Å². The van der Waals surface area contributed by atoms with Crippen LogP contribution in [0.15, 0.2) is 34.7 Å². The standard InChI is InChI=1S/C16H17N3O5S/c1-2-23-15(22)7-12-10-25-16(18-12)19-17-8-11-5-3-4-6-13(11)24-9-14(20)21/h3-6,8,10H,2,7,9H2,1H3,(H,18,19)(H,20,21). The third kappa shape index (κ3) is 6.22. The first-order valence-corrected chi connectivity index (χ1v) is 8.29. The van der Waals surface area contributed by atoms with Gasteiger partial charge in [-0.25, -0.2) is 9.78 Å². The van der Waals surface area contributed by atoms with Gasteiger partial charge in [0, 0.05) is 10.9 Å². The summed E-state index contributed by atoms with van der Waals surface area (Å²) >= 11 is 1.31. The van der Waals surface area contributed by atoms with Crippen molar-refractivity contribution in [3.05, 3.63) is 40.9 Å². The first-order chi connectivity index (χ1) is 12.1. The van der Waals surface area contributed by atoms with Gasteiger partial charge in [-0.3, -0.25) is 10.2 Å². The topological polar surface area (TPSA) is 110 Å². The van der Waals surface area contributed by atoms with Crippen LogP contribution in [0.2, 0.25) is 0 Å². The van der Waals surface area contributed by atoms with Gasteiger partial charge >= 0.3 is 11.9 Å². The number of benzene rings is 1. The van der Waals surface area contributed by atoms with Gasteiger partial charge < -0.3 is 14.6 Å². The molecule has 1 aromatic carbocycles. The van der Waals surface area contributed by atoms with Crippen molar-refractivity contribution >= 4 is 34.6 Å². The second kappa shape index (κ2) is 9.38. The molecule has 0 radical (unpaired) electrons. The molecular weight excluding hydrogens is 346 g/mol. The Kier molecular flexibility index (Phi) is 6.90. The van der Waals surface area contributed by atoms with Crippen LogP contribution in [0.1, 0.15) is 18.2 Å². The Hall–Kier alpha value is -2.94. The molecule has 0 saturated heterocycles. The van der Waals surface area contributed by atoms with E-state index < -0.39 is 12.6 Å². The van der Waals surface area contributed by atoms with E-state index in [2.05, 4.69) is 15.5 Å². The molecule has 25 heavy (non-hydrogen) atoms. The van der Waals surface area contributed by atoms with E-state index in [1.165, 1.54) is 17.6 Å². The predicted octanol–water partition coefficient (Wildman–Crippen LogP) is 2.16. The van der Waals surface area contributed by atoms with Crippen LogP contribution in [0.25, 0.3) is 0 Å². The number of nitrogens with zero attached hydrogens (tertiary/aromatic N) is 2. The average Bonchev–Trinajstić information content (AvgIpc) is 3.01. The van der Waals surface area contributed by atoms with Crippen molar-refractivity contribution < 1.29 is 24.2 Å². The number of anilines is 1. The molecule has 0 saturated carbocycles. The van der Waals surface area contributed by atoms with Crippen LogP contribution in [0, 0.1) is 0 Å². The van der Waals surface area contributed by atoms with Gasteiger partial charge in [0.05, 0.1) is 24.9 Å². The quantitative estimate of drug-likeness (QED) is 0.399. The van der Waals surface area contributed by atoms with Gasteiger partial charge in [0.2, 0.25) is 5.13 Å². The minimum Gasteiger partial charge on any atom is -0.481 e. The lowest BCUT2D eigenvalue weighted by molar-refractivity contribution is -0.142. The molecule has 0 aliphatic rings. The Balaban J connectivity index is 1.94. The van der Waals surface area contributed by atoms with E-state index in [0.717, 1.165) is 0 Å². The zero-order chi connectivity index (χ0) is 18.1. The van der Waals surface area contributed by atoms with Crippen molar-refractivity contribution in [3.63, 3.8) is 0 Å². The number of para-hydroxylation sites is 1. The van der Waals surface area contributed by atoms with Crippen LogP contribution in [0.3, 0.4) is 0 Å². The molecule has 2 N–H and O–H groups in total. The van der Waals surface area contributed by atoms with Crippen LogP contribution < -0.4 is 10.2 Å². The number of aromatic nitrogens is 1. The zero-order valence-electron chi connectivity index (χ0n) is 13.5. The fraction of sp³-hybridized carbons (Fsp3) is 0.250.